The van der Waals surface area contributed by atoms with Crippen molar-refractivity contribution in [2.45, 2.75) is 24.2 Å². The summed E-state index contributed by atoms with van der Waals surface area (Å²) >= 11 is 6.00. The molecule has 0 spiro atoms. The predicted molar refractivity (Wildman–Crippen MR) is 116 cm³/mol. The van der Waals surface area contributed by atoms with Gasteiger partial charge in [0.1, 0.15) is 0 Å². The van der Waals surface area contributed by atoms with Crippen LogP contribution in [0.5, 0.6) is 0 Å². The second-order valence-electron chi connectivity index (χ2n) is 7.07. The van der Waals surface area contributed by atoms with E-state index in [4.69, 9.17) is 11.6 Å². The summed E-state index contributed by atoms with van der Waals surface area (Å²) in [7, 11) is -3.50. The first kappa shape index (κ1) is 20.6. The van der Waals surface area contributed by atoms with E-state index in [9.17, 15) is 13.2 Å². The summed E-state index contributed by atoms with van der Waals surface area (Å²) in [5.41, 5.74) is 1.48. The number of sulfonamides is 1. The van der Waals surface area contributed by atoms with Crippen molar-refractivity contribution in [2.75, 3.05) is 18.4 Å². The second kappa shape index (κ2) is 8.59. The summed E-state index contributed by atoms with van der Waals surface area (Å²) in [6.07, 6.45) is 4.50. The summed E-state index contributed by atoms with van der Waals surface area (Å²) in [6, 6.07) is 15.0. The number of benzene rings is 2. The fourth-order valence-electron chi connectivity index (χ4n) is 3.37. The van der Waals surface area contributed by atoms with Gasteiger partial charge >= 0.3 is 0 Å². The lowest BCUT2D eigenvalue weighted by molar-refractivity contribution is 0.102. The average molecular weight is 445 g/mol. The van der Waals surface area contributed by atoms with Crippen LogP contribution in [0.25, 0.3) is 5.69 Å². The number of aromatic nitrogens is 2. The van der Waals surface area contributed by atoms with Gasteiger partial charge in [-0.1, -0.05) is 24.1 Å². The van der Waals surface area contributed by atoms with Gasteiger partial charge in [-0.25, -0.2) is 13.1 Å². The zero-order valence-electron chi connectivity index (χ0n) is 16.2. The maximum absolute atomic E-state index is 12.7. The van der Waals surface area contributed by atoms with Gasteiger partial charge in [-0.3, -0.25) is 4.79 Å². The summed E-state index contributed by atoms with van der Waals surface area (Å²) in [5, 5.41) is 7.60. The Morgan fingerprint density at radius 3 is 2.43 bits per heavy atom. The summed E-state index contributed by atoms with van der Waals surface area (Å²) < 4.78 is 28.5. The normalized spacial score (nSPS) is 15.1. The molecule has 0 aliphatic carbocycles. The molecule has 7 nitrogen and oxygen atoms in total. The van der Waals surface area contributed by atoms with E-state index in [1.165, 1.54) is 16.4 Å². The molecule has 1 N–H and O–H groups in total. The number of nitrogens with zero attached hydrogens (tertiary/aromatic N) is 3. The molecule has 156 valence electrons. The summed E-state index contributed by atoms with van der Waals surface area (Å²) in [6.45, 7) is 1.10. The van der Waals surface area contributed by atoms with Crippen LogP contribution >= 0.6 is 11.6 Å². The third kappa shape index (κ3) is 4.40. The van der Waals surface area contributed by atoms with E-state index in [-0.39, 0.29) is 16.5 Å². The highest BCUT2D eigenvalue weighted by Gasteiger charge is 2.25. The monoisotopic (exact) mass is 444 g/mol. The number of nitrogens with one attached hydrogen (secondary N) is 1. The Balaban J connectivity index is 1.45. The highest BCUT2D eigenvalue weighted by atomic mass is 35.5. The molecule has 0 radical (unpaired) electrons. The van der Waals surface area contributed by atoms with E-state index in [1.807, 2.05) is 6.07 Å². The van der Waals surface area contributed by atoms with Crippen molar-refractivity contribution in [1.29, 1.82) is 0 Å². The number of carbonyl (C=O) groups excluding carboxylic acids is 1. The Bertz CT molecular complexity index is 1150. The lowest BCUT2D eigenvalue weighted by Crippen LogP contribution is -2.35. The lowest BCUT2D eigenvalue weighted by Gasteiger charge is -2.25. The van der Waals surface area contributed by atoms with Crippen LogP contribution in [0.2, 0.25) is 5.02 Å². The molecule has 1 amide bonds. The molecule has 30 heavy (non-hydrogen) atoms. The van der Waals surface area contributed by atoms with Gasteiger partial charge in [-0.15, -0.1) is 0 Å². The van der Waals surface area contributed by atoms with E-state index >= 15 is 0 Å². The third-order valence-corrected chi connectivity index (χ3v) is 7.11. The van der Waals surface area contributed by atoms with Crippen LogP contribution in [0.1, 0.15) is 29.8 Å². The number of anilines is 1. The van der Waals surface area contributed by atoms with Gasteiger partial charge < -0.3 is 5.32 Å². The van der Waals surface area contributed by atoms with Gasteiger partial charge in [-0.05, 0) is 61.4 Å². The topological polar surface area (TPSA) is 84.3 Å². The number of piperidine rings is 1. The van der Waals surface area contributed by atoms with Crippen LogP contribution in [-0.2, 0) is 10.0 Å². The van der Waals surface area contributed by atoms with Gasteiger partial charge in [-0.2, -0.15) is 9.40 Å². The quantitative estimate of drug-likeness (QED) is 0.645. The Hall–Kier alpha value is -2.68. The largest absolute Gasteiger partial charge is 0.321 e. The van der Waals surface area contributed by atoms with Crippen LogP contribution in [0, 0.1) is 0 Å². The fraction of sp³-hybridized carbons (Fsp3) is 0.238. The standard InChI is InChI=1S/C21H21ClN4O3S/c22-16-5-4-6-18(15-16)26-14-11-20(24-26)21(27)23-17-7-9-19(10-8-17)30(28,29)25-12-2-1-3-13-25/h4-11,14-15H,1-3,12-13H2,(H,23,27). The Morgan fingerprint density at radius 2 is 1.73 bits per heavy atom. The van der Waals surface area contributed by atoms with Gasteiger partial charge in [0.05, 0.1) is 10.6 Å². The molecule has 1 fully saturated rings. The molecule has 0 bridgehead atoms. The molecule has 1 aromatic heterocycles. The fourth-order valence-corrected chi connectivity index (χ4v) is 5.07. The highest BCUT2D eigenvalue weighted by Crippen LogP contribution is 2.22. The average Bonchev–Trinajstić information content (AvgIpc) is 3.25. The van der Waals surface area contributed by atoms with E-state index in [1.54, 1.807) is 47.3 Å². The van der Waals surface area contributed by atoms with Crippen molar-refractivity contribution < 1.29 is 13.2 Å². The van der Waals surface area contributed by atoms with Crippen molar-refractivity contribution in [2.24, 2.45) is 0 Å². The third-order valence-electron chi connectivity index (χ3n) is 4.96. The minimum atomic E-state index is -3.50. The molecule has 9 heteroatoms. The maximum Gasteiger partial charge on any atom is 0.276 e. The zero-order valence-corrected chi connectivity index (χ0v) is 17.7. The predicted octanol–water partition coefficient (Wildman–Crippen LogP) is 3.95. The van der Waals surface area contributed by atoms with E-state index in [0.29, 0.717) is 23.8 Å². The minimum Gasteiger partial charge on any atom is -0.321 e. The molecular formula is C21H21ClN4O3S. The highest BCUT2D eigenvalue weighted by molar-refractivity contribution is 7.89. The van der Waals surface area contributed by atoms with Crippen molar-refractivity contribution in [3.05, 3.63) is 71.5 Å². The molecule has 2 heterocycles. The maximum atomic E-state index is 12.7. The van der Waals surface area contributed by atoms with Crippen molar-refractivity contribution in [3.8, 4) is 5.69 Å². The van der Waals surface area contributed by atoms with Crippen LogP contribution in [0.3, 0.4) is 0 Å². The lowest BCUT2D eigenvalue weighted by atomic mass is 10.2. The van der Waals surface area contributed by atoms with E-state index in [2.05, 4.69) is 10.4 Å². The SMILES string of the molecule is O=C(Nc1ccc(S(=O)(=O)N2CCCCC2)cc1)c1ccn(-c2cccc(Cl)c2)n1. The molecule has 2 aromatic carbocycles. The van der Waals surface area contributed by atoms with Crippen LogP contribution in [0.4, 0.5) is 5.69 Å². The van der Waals surface area contributed by atoms with E-state index < -0.39 is 10.0 Å². The summed E-state index contributed by atoms with van der Waals surface area (Å²) in [5.74, 6) is -0.387. The van der Waals surface area contributed by atoms with Gasteiger partial charge in [0.25, 0.3) is 5.91 Å². The van der Waals surface area contributed by atoms with Crippen LogP contribution < -0.4 is 5.32 Å². The first-order chi connectivity index (χ1) is 14.4. The molecule has 4 rings (SSSR count). The molecule has 0 atom stereocenters. The van der Waals surface area contributed by atoms with Crippen LogP contribution in [0.15, 0.2) is 65.7 Å². The number of amides is 1. The zero-order chi connectivity index (χ0) is 21.1. The number of halogens is 1. The van der Waals surface area contributed by atoms with E-state index in [0.717, 1.165) is 24.9 Å². The molecule has 3 aromatic rings. The van der Waals surface area contributed by atoms with Gasteiger partial charge in [0, 0.05) is 30.0 Å². The summed E-state index contributed by atoms with van der Waals surface area (Å²) in [4.78, 5) is 12.7. The first-order valence-corrected chi connectivity index (χ1v) is 11.5. The second-order valence-corrected chi connectivity index (χ2v) is 9.44. The van der Waals surface area contributed by atoms with Crippen LogP contribution in [-0.4, -0.2) is 41.5 Å². The smallest absolute Gasteiger partial charge is 0.276 e. The Kier molecular flexibility index (Phi) is 5.90. The number of hydrogen-bond donors (Lipinski definition) is 1. The number of hydrogen-bond acceptors (Lipinski definition) is 4. The van der Waals surface area contributed by atoms with Crippen molar-refractivity contribution in [3.63, 3.8) is 0 Å². The van der Waals surface area contributed by atoms with Crippen molar-refractivity contribution in [1.82, 2.24) is 14.1 Å². The molecule has 1 saturated heterocycles. The molecule has 1 aliphatic rings. The molecule has 0 saturated carbocycles. The minimum absolute atomic E-state index is 0.229. The molecule has 0 unspecified atom stereocenters. The van der Waals surface area contributed by atoms with Gasteiger partial charge in [0.2, 0.25) is 10.0 Å². The number of carbonyl (C=O) groups is 1. The molecule has 1 aliphatic heterocycles. The van der Waals surface area contributed by atoms with Gasteiger partial charge in [0.15, 0.2) is 5.69 Å². The Morgan fingerprint density at radius 1 is 1.00 bits per heavy atom. The first-order valence-electron chi connectivity index (χ1n) is 9.67. The Labute approximate surface area is 180 Å². The molecular weight excluding hydrogens is 424 g/mol. The van der Waals surface area contributed by atoms with Crippen molar-refractivity contribution >= 4 is 33.2 Å². The number of rotatable bonds is 5.